The Bertz CT molecular complexity index is 535. The van der Waals surface area contributed by atoms with E-state index in [1.165, 1.54) is 0 Å². The predicted octanol–water partition coefficient (Wildman–Crippen LogP) is 2.65. The predicted molar refractivity (Wildman–Crippen MR) is 70.2 cm³/mol. The normalized spacial score (nSPS) is 10.6. The number of hydrogen-bond acceptors (Lipinski definition) is 3. The summed E-state index contributed by atoms with van der Waals surface area (Å²) in [6.07, 6.45) is 1.65. The van der Waals surface area contributed by atoms with Crippen LogP contribution in [-0.4, -0.2) is 13.3 Å². The van der Waals surface area contributed by atoms with Gasteiger partial charge in [-0.25, -0.2) is 0 Å². The van der Waals surface area contributed by atoms with Crippen LogP contribution in [0.15, 0.2) is 53.6 Å². The second-order valence-electron chi connectivity index (χ2n) is 3.60. The Hall–Kier alpha value is -2.29. The van der Waals surface area contributed by atoms with E-state index < -0.39 is 0 Å². The molecule has 0 spiro atoms. The van der Waals surface area contributed by atoms with Crippen LogP contribution in [0.2, 0.25) is 0 Å². The topological polar surface area (TPSA) is 47.6 Å². The number of rotatable bonds is 3. The molecular formula is C14H14N2O. The van der Waals surface area contributed by atoms with Gasteiger partial charge in [-0.2, -0.15) is 5.10 Å². The Kier molecular flexibility index (Phi) is 3.40. The van der Waals surface area contributed by atoms with Gasteiger partial charge >= 0.3 is 0 Å². The van der Waals surface area contributed by atoms with Crippen LogP contribution in [0.25, 0.3) is 11.1 Å². The number of nitrogens with two attached hydrogens (primary N) is 1. The van der Waals surface area contributed by atoms with Crippen LogP contribution in [0.4, 0.5) is 0 Å². The van der Waals surface area contributed by atoms with Gasteiger partial charge in [-0.15, -0.1) is 0 Å². The highest BCUT2D eigenvalue weighted by atomic mass is 16.5. The van der Waals surface area contributed by atoms with Crippen LogP contribution in [0.3, 0.4) is 0 Å². The molecule has 0 aliphatic rings. The van der Waals surface area contributed by atoms with Crippen LogP contribution in [0.1, 0.15) is 5.56 Å². The summed E-state index contributed by atoms with van der Waals surface area (Å²) in [5.74, 6) is 6.04. The second-order valence-corrected chi connectivity index (χ2v) is 3.60. The van der Waals surface area contributed by atoms with Crippen molar-refractivity contribution >= 4 is 6.21 Å². The van der Waals surface area contributed by atoms with Crippen molar-refractivity contribution in [3.63, 3.8) is 0 Å². The Morgan fingerprint density at radius 1 is 1.12 bits per heavy atom. The fourth-order valence-electron chi connectivity index (χ4n) is 1.74. The standard InChI is InChI=1S/C14H14N2O/c1-17-13-7-4-6-11(9-13)14-8-3-2-5-12(14)10-16-15/h2-10H,15H2,1H3. The molecule has 0 fully saturated rings. The van der Waals surface area contributed by atoms with Crippen molar-refractivity contribution in [1.82, 2.24) is 0 Å². The quantitative estimate of drug-likeness (QED) is 0.497. The summed E-state index contributed by atoms with van der Waals surface area (Å²) in [4.78, 5) is 0. The van der Waals surface area contributed by atoms with Crippen molar-refractivity contribution in [2.75, 3.05) is 7.11 Å². The van der Waals surface area contributed by atoms with Gasteiger partial charge in [0.2, 0.25) is 0 Å². The molecule has 2 N–H and O–H groups in total. The van der Waals surface area contributed by atoms with Crippen LogP contribution in [0, 0.1) is 0 Å². The third-order valence-electron chi connectivity index (χ3n) is 2.56. The van der Waals surface area contributed by atoms with Crippen molar-refractivity contribution in [2.24, 2.45) is 10.9 Å². The molecule has 0 unspecified atom stereocenters. The number of hydrazone groups is 1. The monoisotopic (exact) mass is 226 g/mol. The SMILES string of the molecule is COc1cccc(-c2ccccc2C=NN)c1. The lowest BCUT2D eigenvalue weighted by atomic mass is 10.0. The van der Waals surface area contributed by atoms with E-state index >= 15 is 0 Å². The third kappa shape index (κ3) is 2.45. The van der Waals surface area contributed by atoms with Crippen LogP contribution >= 0.6 is 0 Å². The summed E-state index contributed by atoms with van der Waals surface area (Å²) in [5.41, 5.74) is 3.16. The fraction of sp³-hybridized carbons (Fsp3) is 0.0714. The zero-order chi connectivity index (χ0) is 12.1. The molecule has 0 bridgehead atoms. The number of nitrogens with zero attached hydrogens (tertiary/aromatic N) is 1. The number of ether oxygens (including phenoxy) is 1. The minimum absolute atomic E-state index is 0.835. The maximum absolute atomic E-state index is 5.22. The minimum atomic E-state index is 0.835. The zero-order valence-electron chi connectivity index (χ0n) is 9.63. The molecule has 2 aromatic carbocycles. The van der Waals surface area contributed by atoms with Crippen molar-refractivity contribution in [3.05, 3.63) is 54.1 Å². The maximum atomic E-state index is 5.22. The Balaban J connectivity index is 2.51. The number of methoxy groups -OCH3 is 1. The van der Waals surface area contributed by atoms with Crippen LogP contribution < -0.4 is 10.6 Å². The molecule has 0 atom stereocenters. The van der Waals surface area contributed by atoms with Crippen molar-refractivity contribution in [3.8, 4) is 16.9 Å². The summed E-state index contributed by atoms with van der Waals surface area (Å²) in [6.45, 7) is 0. The van der Waals surface area contributed by atoms with E-state index in [1.807, 2.05) is 48.5 Å². The molecule has 0 aliphatic carbocycles. The lowest BCUT2D eigenvalue weighted by molar-refractivity contribution is 0.415. The summed E-state index contributed by atoms with van der Waals surface area (Å²) < 4.78 is 5.22. The summed E-state index contributed by atoms with van der Waals surface area (Å²) in [6, 6.07) is 15.9. The lowest BCUT2D eigenvalue weighted by Gasteiger charge is -2.07. The molecule has 0 aliphatic heterocycles. The molecule has 0 aromatic heterocycles. The summed E-state index contributed by atoms with van der Waals surface area (Å²) >= 11 is 0. The van der Waals surface area contributed by atoms with Gasteiger partial charge in [-0.3, -0.25) is 0 Å². The van der Waals surface area contributed by atoms with E-state index in [4.69, 9.17) is 10.6 Å². The van der Waals surface area contributed by atoms with Gasteiger partial charge in [-0.05, 0) is 23.3 Å². The minimum Gasteiger partial charge on any atom is -0.497 e. The maximum Gasteiger partial charge on any atom is 0.119 e. The Morgan fingerprint density at radius 2 is 1.94 bits per heavy atom. The third-order valence-corrected chi connectivity index (χ3v) is 2.56. The average Bonchev–Trinajstić information content (AvgIpc) is 2.40. The van der Waals surface area contributed by atoms with E-state index in [2.05, 4.69) is 5.10 Å². The zero-order valence-corrected chi connectivity index (χ0v) is 9.63. The molecule has 0 saturated carbocycles. The molecular weight excluding hydrogens is 212 g/mol. The molecule has 0 heterocycles. The van der Waals surface area contributed by atoms with Gasteiger partial charge < -0.3 is 10.6 Å². The Morgan fingerprint density at radius 3 is 2.71 bits per heavy atom. The molecule has 3 nitrogen and oxygen atoms in total. The van der Waals surface area contributed by atoms with E-state index in [-0.39, 0.29) is 0 Å². The summed E-state index contributed by atoms with van der Waals surface area (Å²) in [7, 11) is 1.66. The molecule has 2 rings (SSSR count). The first-order valence-electron chi connectivity index (χ1n) is 5.32. The molecule has 0 radical (unpaired) electrons. The highest BCUT2D eigenvalue weighted by Gasteiger charge is 2.03. The van der Waals surface area contributed by atoms with Crippen molar-refractivity contribution < 1.29 is 4.74 Å². The first-order valence-corrected chi connectivity index (χ1v) is 5.32. The molecule has 3 heteroatoms. The number of hydrogen-bond donors (Lipinski definition) is 1. The molecule has 0 saturated heterocycles. The van der Waals surface area contributed by atoms with E-state index in [0.29, 0.717) is 0 Å². The summed E-state index contributed by atoms with van der Waals surface area (Å²) in [5, 5.41) is 3.58. The van der Waals surface area contributed by atoms with Gasteiger partial charge in [0.25, 0.3) is 0 Å². The first-order chi connectivity index (χ1) is 8.35. The van der Waals surface area contributed by atoms with E-state index in [9.17, 15) is 0 Å². The molecule has 86 valence electrons. The first kappa shape index (κ1) is 11.2. The average molecular weight is 226 g/mol. The number of benzene rings is 2. The molecule has 17 heavy (non-hydrogen) atoms. The van der Waals surface area contributed by atoms with Gasteiger partial charge in [0.1, 0.15) is 5.75 Å². The van der Waals surface area contributed by atoms with Gasteiger partial charge in [0.05, 0.1) is 13.3 Å². The van der Waals surface area contributed by atoms with Gasteiger partial charge in [-0.1, -0.05) is 36.4 Å². The van der Waals surface area contributed by atoms with Gasteiger partial charge in [0.15, 0.2) is 0 Å². The van der Waals surface area contributed by atoms with Crippen LogP contribution in [-0.2, 0) is 0 Å². The fourth-order valence-corrected chi connectivity index (χ4v) is 1.74. The van der Waals surface area contributed by atoms with Crippen LogP contribution in [0.5, 0.6) is 5.75 Å². The molecule has 2 aromatic rings. The second kappa shape index (κ2) is 5.16. The van der Waals surface area contributed by atoms with Crippen molar-refractivity contribution in [1.29, 1.82) is 0 Å². The van der Waals surface area contributed by atoms with E-state index in [1.54, 1.807) is 13.3 Å². The highest BCUT2D eigenvalue weighted by molar-refractivity contribution is 5.90. The Labute approximate surface area is 101 Å². The highest BCUT2D eigenvalue weighted by Crippen LogP contribution is 2.25. The smallest absolute Gasteiger partial charge is 0.119 e. The molecule has 0 amide bonds. The lowest BCUT2D eigenvalue weighted by Crippen LogP contribution is -1.91. The van der Waals surface area contributed by atoms with Crippen molar-refractivity contribution in [2.45, 2.75) is 0 Å². The van der Waals surface area contributed by atoms with E-state index in [0.717, 1.165) is 22.4 Å². The largest absolute Gasteiger partial charge is 0.497 e. The van der Waals surface area contributed by atoms with Gasteiger partial charge in [0, 0.05) is 5.56 Å².